The molecule has 0 spiro atoms. The molecule has 0 unspecified atom stereocenters. The molecule has 96 valence electrons. The summed E-state index contributed by atoms with van der Waals surface area (Å²) in [5.41, 5.74) is -0.218. The van der Waals surface area contributed by atoms with Crippen molar-refractivity contribution in [3.8, 4) is 5.75 Å². The minimum Gasteiger partial charge on any atom is -0.478 e. The summed E-state index contributed by atoms with van der Waals surface area (Å²) in [6.07, 6.45) is -0.371. The Labute approximate surface area is 128 Å². The van der Waals surface area contributed by atoms with Crippen LogP contribution < -0.4 is 4.74 Å². The van der Waals surface area contributed by atoms with Crippen molar-refractivity contribution in [2.45, 2.75) is 6.42 Å². The first kappa shape index (κ1) is 15.4. The molecule has 0 radical (unpaired) electrons. The summed E-state index contributed by atoms with van der Waals surface area (Å²) < 4.78 is 7.01. The highest BCUT2D eigenvalue weighted by atomic mass is 79.9. The predicted octanol–water partition coefficient (Wildman–Crippen LogP) is 3.91. The van der Waals surface area contributed by atoms with Crippen LogP contribution in [0.25, 0.3) is 0 Å². The zero-order chi connectivity index (χ0) is 13.9. The van der Waals surface area contributed by atoms with Crippen LogP contribution in [0.3, 0.4) is 0 Å². The molecule has 0 aliphatic carbocycles. The van der Waals surface area contributed by atoms with Gasteiger partial charge in [0.25, 0.3) is 0 Å². The van der Waals surface area contributed by atoms with Gasteiger partial charge in [0.1, 0.15) is 0 Å². The number of hydrogen-bond acceptors (Lipinski definition) is 3. The van der Waals surface area contributed by atoms with Gasteiger partial charge >= 0.3 is 11.9 Å². The van der Waals surface area contributed by atoms with Crippen LogP contribution in [0.2, 0.25) is 0 Å². The van der Waals surface area contributed by atoms with Gasteiger partial charge in [-0.25, -0.2) is 4.79 Å². The maximum atomic E-state index is 11.5. The molecule has 0 saturated heterocycles. The standard InChI is InChI=1S/C11H7Br3O4/c1-5(11(16)17)2-9(15)18-10-7(13)3-6(12)4-8(10)14/h3-4H,1-2H2,(H,16,17). The SMILES string of the molecule is C=C(CC(=O)Oc1c(Br)cc(Br)cc1Br)C(=O)O. The van der Waals surface area contributed by atoms with Gasteiger partial charge in [0.15, 0.2) is 5.75 Å². The predicted molar refractivity (Wildman–Crippen MR) is 76.6 cm³/mol. The van der Waals surface area contributed by atoms with E-state index in [9.17, 15) is 9.59 Å². The normalized spacial score (nSPS) is 9.94. The highest BCUT2D eigenvalue weighted by Crippen LogP contribution is 2.36. The minimum absolute atomic E-state index is 0.218. The van der Waals surface area contributed by atoms with E-state index in [-0.39, 0.29) is 12.0 Å². The summed E-state index contributed by atoms with van der Waals surface area (Å²) in [4.78, 5) is 22.1. The number of rotatable bonds is 4. The first-order valence-electron chi connectivity index (χ1n) is 4.57. The Balaban J connectivity index is 2.83. The largest absolute Gasteiger partial charge is 0.478 e. The van der Waals surface area contributed by atoms with Crippen LogP contribution in [-0.2, 0) is 9.59 Å². The van der Waals surface area contributed by atoms with Gasteiger partial charge in [-0.1, -0.05) is 22.5 Å². The van der Waals surface area contributed by atoms with Gasteiger partial charge in [-0.05, 0) is 44.0 Å². The Hall–Kier alpha value is -0.660. The molecule has 0 aliphatic rings. The molecule has 1 aromatic carbocycles. The van der Waals surface area contributed by atoms with E-state index in [2.05, 4.69) is 54.4 Å². The van der Waals surface area contributed by atoms with Crippen LogP contribution in [-0.4, -0.2) is 17.0 Å². The van der Waals surface area contributed by atoms with Crippen LogP contribution in [0.15, 0.2) is 37.7 Å². The van der Waals surface area contributed by atoms with E-state index in [1.165, 1.54) is 0 Å². The molecule has 0 amide bonds. The van der Waals surface area contributed by atoms with Crippen LogP contribution in [0.1, 0.15) is 6.42 Å². The summed E-state index contributed by atoms with van der Waals surface area (Å²) in [7, 11) is 0. The lowest BCUT2D eigenvalue weighted by atomic mass is 10.2. The van der Waals surface area contributed by atoms with Gasteiger partial charge < -0.3 is 9.84 Å². The van der Waals surface area contributed by atoms with E-state index >= 15 is 0 Å². The van der Waals surface area contributed by atoms with Crippen LogP contribution in [0.5, 0.6) is 5.75 Å². The first-order valence-corrected chi connectivity index (χ1v) is 6.95. The van der Waals surface area contributed by atoms with Crippen LogP contribution in [0, 0.1) is 0 Å². The molecule has 18 heavy (non-hydrogen) atoms. The van der Waals surface area contributed by atoms with Gasteiger partial charge in [0, 0.05) is 10.0 Å². The second-order valence-electron chi connectivity index (χ2n) is 3.26. The van der Waals surface area contributed by atoms with E-state index in [1.807, 2.05) is 0 Å². The minimum atomic E-state index is -1.22. The average molecular weight is 443 g/mol. The second-order valence-corrected chi connectivity index (χ2v) is 5.88. The monoisotopic (exact) mass is 440 g/mol. The van der Waals surface area contributed by atoms with Gasteiger partial charge in [-0.15, -0.1) is 0 Å². The number of aliphatic carboxylic acids is 1. The zero-order valence-corrected chi connectivity index (χ0v) is 13.6. The third-order valence-corrected chi connectivity index (χ3v) is 3.48. The highest BCUT2D eigenvalue weighted by Gasteiger charge is 2.16. The molecular formula is C11H7Br3O4. The summed E-state index contributed by atoms with van der Waals surface area (Å²) in [5.74, 6) is -1.62. The summed E-state index contributed by atoms with van der Waals surface area (Å²) in [6.45, 7) is 3.26. The molecule has 0 atom stereocenters. The van der Waals surface area contributed by atoms with E-state index in [4.69, 9.17) is 9.84 Å². The summed E-state index contributed by atoms with van der Waals surface area (Å²) >= 11 is 9.77. The number of benzene rings is 1. The van der Waals surface area contributed by atoms with Gasteiger partial charge in [0.05, 0.1) is 15.4 Å². The smallest absolute Gasteiger partial charge is 0.331 e. The molecule has 0 bridgehead atoms. The highest BCUT2D eigenvalue weighted by molar-refractivity contribution is 9.11. The summed E-state index contributed by atoms with van der Waals surface area (Å²) in [6, 6.07) is 3.42. The molecular weight excluding hydrogens is 436 g/mol. The van der Waals surface area contributed by atoms with Crippen molar-refractivity contribution in [3.05, 3.63) is 37.7 Å². The third kappa shape index (κ3) is 4.22. The molecule has 4 nitrogen and oxygen atoms in total. The molecule has 7 heteroatoms. The molecule has 0 saturated carbocycles. The third-order valence-electron chi connectivity index (χ3n) is 1.84. The Morgan fingerprint density at radius 3 is 2.17 bits per heavy atom. The summed E-state index contributed by atoms with van der Waals surface area (Å²) in [5, 5.41) is 8.61. The van der Waals surface area contributed by atoms with E-state index in [1.54, 1.807) is 12.1 Å². The van der Waals surface area contributed by atoms with Gasteiger partial charge in [0.2, 0.25) is 0 Å². The lowest BCUT2D eigenvalue weighted by Gasteiger charge is -2.09. The lowest BCUT2D eigenvalue weighted by molar-refractivity contribution is -0.138. The number of carbonyl (C=O) groups is 2. The Morgan fingerprint density at radius 1 is 1.22 bits per heavy atom. The van der Waals surface area contributed by atoms with E-state index in [0.717, 1.165) is 4.47 Å². The number of carbonyl (C=O) groups excluding carboxylic acids is 1. The number of ether oxygens (including phenoxy) is 1. The van der Waals surface area contributed by atoms with Crippen molar-refractivity contribution >= 4 is 59.7 Å². The fraction of sp³-hybridized carbons (Fsp3) is 0.0909. The molecule has 1 N–H and O–H groups in total. The van der Waals surface area contributed by atoms with Gasteiger partial charge in [-0.2, -0.15) is 0 Å². The fourth-order valence-corrected chi connectivity index (χ4v) is 3.45. The molecule has 0 aromatic heterocycles. The van der Waals surface area contributed by atoms with E-state index < -0.39 is 11.9 Å². The second kappa shape index (κ2) is 6.49. The lowest BCUT2D eigenvalue weighted by Crippen LogP contribution is -2.12. The fourth-order valence-electron chi connectivity index (χ4n) is 1.03. The first-order chi connectivity index (χ1) is 8.31. The van der Waals surface area contributed by atoms with Crippen molar-refractivity contribution in [3.63, 3.8) is 0 Å². The Bertz CT molecular complexity index is 502. The number of hydrogen-bond donors (Lipinski definition) is 1. The van der Waals surface area contributed by atoms with Crippen molar-refractivity contribution in [2.24, 2.45) is 0 Å². The number of halogens is 3. The number of esters is 1. The van der Waals surface area contributed by atoms with Crippen molar-refractivity contribution in [1.29, 1.82) is 0 Å². The number of carboxylic acid groups (broad SMARTS) is 1. The Morgan fingerprint density at radius 2 is 1.72 bits per heavy atom. The average Bonchev–Trinajstić information content (AvgIpc) is 2.23. The maximum absolute atomic E-state index is 11.5. The molecule has 0 heterocycles. The van der Waals surface area contributed by atoms with Gasteiger partial charge in [-0.3, -0.25) is 4.79 Å². The topological polar surface area (TPSA) is 63.6 Å². The van der Waals surface area contributed by atoms with Crippen molar-refractivity contribution in [2.75, 3.05) is 0 Å². The quantitative estimate of drug-likeness (QED) is 0.436. The molecule has 1 rings (SSSR count). The zero-order valence-electron chi connectivity index (χ0n) is 8.87. The van der Waals surface area contributed by atoms with E-state index in [0.29, 0.717) is 14.7 Å². The molecule has 1 aromatic rings. The molecule has 0 fully saturated rings. The molecule has 0 aliphatic heterocycles. The maximum Gasteiger partial charge on any atom is 0.331 e. The van der Waals surface area contributed by atoms with Crippen LogP contribution in [0.4, 0.5) is 0 Å². The Kier molecular flexibility index (Phi) is 5.55. The van der Waals surface area contributed by atoms with Crippen molar-refractivity contribution in [1.82, 2.24) is 0 Å². The van der Waals surface area contributed by atoms with Crippen LogP contribution >= 0.6 is 47.8 Å². The number of carboxylic acids is 1. The van der Waals surface area contributed by atoms with Crippen molar-refractivity contribution < 1.29 is 19.4 Å².